The van der Waals surface area contributed by atoms with E-state index in [4.69, 9.17) is 16.3 Å². The molecule has 0 aliphatic rings. The van der Waals surface area contributed by atoms with Crippen molar-refractivity contribution in [3.63, 3.8) is 0 Å². The molecule has 150 valence electrons. The van der Waals surface area contributed by atoms with Gasteiger partial charge in [-0.25, -0.2) is 0 Å². The van der Waals surface area contributed by atoms with Crippen molar-refractivity contribution in [2.45, 2.75) is 20.5 Å². The van der Waals surface area contributed by atoms with E-state index in [0.29, 0.717) is 28.6 Å². The first-order valence-corrected chi connectivity index (χ1v) is 9.80. The van der Waals surface area contributed by atoms with Crippen LogP contribution in [0.5, 0.6) is 5.75 Å². The summed E-state index contributed by atoms with van der Waals surface area (Å²) in [5, 5.41) is 12.6. The van der Waals surface area contributed by atoms with Gasteiger partial charge < -0.3 is 10.1 Å². The van der Waals surface area contributed by atoms with Gasteiger partial charge in [-0.15, -0.1) is 0 Å². The van der Waals surface area contributed by atoms with E-state index in [9.17, 15) is 10.1 Å². The second-order valence-electron chi connectivity index (χ2n) is 6.96. The van der Waals surface area contributed by atoms with Crippen LogP contribution in [0.15, 0.2) is 72.3 Å². The third-order valence-corrected chi connectivity index (χ3v) is 4.68. The molecule has 3 rings (SSSR count). The zero-order valence-electron chi connectivity index (χ0n) is 16.8. The molecule has 3 aromatic rings. The maximum Gasteiger partial charge on any atom is 0.266 e. The number of nitrogens with one attached hydrogen (secondary N) is 1. The highest BCUT2D eigenvalue weighted by Gasteiger charge is 2.11. The molecule has 0 saturated carbocycles. The number of amides is 1. The normalized spacial score (nSPS) is 10.9. The number of aryl methyl sites for hydroxylation is 2. The van der Waals surface area contributed by atoms with Gasteiger partial charge >= 0.3 is 0 Å². The van der Waals surface area contributed by atoms with E-state index in [1.54, 1.807) is 24.3 Å². The minimum atomic E-state index is -0.473. The lowest BCUT2D eigenvalue weighted by atomic mass is 10.1. The predicted molar refractivity (Wildman–Crippen MR) is 120 cm³/mol. The number of nitriles is 1. The number of halogens is 1. The summed E-state index contributed by atoms with van der Waals surface area (Å²) in [5.41, 5.74) is 4.49. The molecule has 0 spiro atoms. The Bertz CT molecular complexity index is 1150. The van der Waals surface area contributed by atoms with Crippen LogP contribution in [0.2, 0.25) is 5.02 Å². The minimum absolute atomic E-state index is 0.0130. The summed E-state index contributed by atoms with van der Waals surface area (Å²) in [6.45, 7) is 4.36. The lowest BCUT2D eigenvalue weighted by molar-refractivity contribution is -0.112. The van der Waals surface area contributed by atoms with Gasteiger partial charge in [-0.1, -0.05) is 59.6 Å². The highest BCUT2D eigenvalue weighted by Crippen LogP contribution is 2.27. The first-order chi connectivity index (χ1) is 14.4. The van der Waals surface area contributed by atoms with Gasteiger partial charge in [-0.2, -0.15) is 5.26 Å². The number of anilines is 1. The van der Waals surface area contributed by atoms with Crippen LogP contribution in [0.1, 0.15) is 22.3 Å². The molecule has 0 fully saturated rings. The SMILES string of the molecule is Cc1cccc(COc2ccc(/C=C(\C#N)C(=O)Nc3cccc(C)c3)cc2Cl)c1. The van der Waals surface area contributed by atoms with Crippen molar-refractivity contribution in [2.75, 3.05) is 5.32 Å². The van der Waals surface area contributed by atoms with E-state index in [2.05, 4.69) is 11.4 Å². The highest BCUT2D eigenvalue weighted by molar-refractivity contribution is 6.32. The van der Waals surface area contributed by atoms with Crippen LogP contribution < -0.4 is 10.1 Å². The standard InChI is InChI=1S/C25H21ClN2O2/c1-17-5-3-7-20(11-17)16-30-24-10-9-19(14-23(24)26)13-21(15-27)25(29)28-22-8-4-6-18(2)12-22/h3-14H,16H2,1-2H3,(H,28,29)/b21-13+. The lowest BCUT2D eigenvalue weighted by Crippen LogP contribution is -2.13. The number of rotatable bonds is 6. The first-order valence-electron chi connectivity index (χ1n) is 9.42. The summed E-state index contributed by atoms with van der Waals surface area (Å²) < 4.78 is 5.80. The molecule has 3 aromatic carbocycles. The molecule has 1 amide bonds. The third kappa shape index (κ3) is 5.73. The molecule has 0 bridgehead atoms. The molecule has 0 aliphatic heterocycles. The molecule has 0 atom stereocenters. The van der Waals surface area contributed by atoms with Crippen LogP contribution in [0.25, 0.3) is 6.08 Å². The Balaban J connectivity index is 1.71. The molecular formula is C25H21ClN2O2. The molecule has 0 saturated heterocycles. The zero-order chi connectivity index (χ0) is 21.5. The Labute approximate surface area is 181 Å². The summed E-state index contributed by atoms with van der Waals surface area (Å²) in [6.07, 6.45) is 1.50. The number of nitrogens with zero attached hydrogens (tertiary/aromatic N) is 1. The quantitative estimate of drug-likeness (QED) is 0.391. The van der Waals surface area contributed by atoms with Gasteiger partial charge in [0.05, 0.1) is 5.02 Å². The zero-order valence-corrected chi connectivity index (χ0v) is 17.5. The Morgan fingerprint density at radius 1 is 1.07 bits per heavy atom. The van der Waals surface area contributed by atoms with Crippen molar-refractivity contribution in [1.82, 2.24) is 0 Å². The van der Waals surface area contributed by atoms with Crippen molar-refractivity contribution in [3.05, 3.63) is 99.6 Å². The number of hydrogen-bond acceptors (Lipinski definition) is 3. The van der Waals surface area contributed by atoms with Gasteiger partial charge in [0, 0.05) is 5.69 Å². The van der Waals surface area contributed by atoms with Crippen molar-refractivity contribution in [2.24, 2.45) is 0 Å². The molecule has 0 aromatic heterocycles. The minimum Gasteiger partial charge on any atom is -0.487 e. The van der Waals surface area contributed by atoms with E-state index < -0.39 is 5.91 Å². The van der Waals surface area contributed by atoms with Crippen LogP contribution in [0, 0.1) is 25.2 Å². The number of carbonyl (C=O) groups is 1. The Hall–Kier alpha value is -3.55. The van der Waals surface area contributed by atoms with Crippen molar-refractivity contribution in [3.8, 4) is 11.8 Å². The summed E-state index contributed by atoms with van der Waals surface area (Å²) in [6, 6.07) is 22.5. The number of ether oxygens (including phenoxy) is 1. The lowest BCUT2D eigenvalue weighted by Gasteiger charge is -2.09. The Morgan fingerprint density at radius 3 is 2.47 bits per heavy atom. The maximum atomic E-state index is 12.4. The smallest absolute Gasteiger partial charge is 0.266 e. The Morgan fingerprint density at radius 2 is 1.80 bits per heavy atom. The second kappa shape index (κ2) is 9.78. The van der Waals surface area contributed by atoms with E-state index in [-0.39, 0.29) is 5.57 Å². The number of hydrogen-bond donors (Lipinski definition) is 1. The summed E-state index contributed by atoms with van der Waals surface area (Å²) >= 11 is 6.34. The largest absolute Gasteiger partial charge is 0.487 e. The summed E-state index contributed by atoms with van der Waals surface area (Å²) in [4.78, 5) is 12.4. The second-order valence-corrected chi connectivity index (χ2v) is 7.37. The van der Waals surface area contributed by atoms with E-state index >= 15 is 0 Å². The average molecular weight is 417 g/mol. The van der Waals surface area contributed by atoms with E-state index in [1.807, 2.05) is 56.3 Å². The van der Waals surface area contributed by atoms with Gasteiger partial charge in [0.1, 0.15) is 24.0 Å². The fraction of sp³-hybridized carbons (Fsp3) is 0.120. The van der Waals surface area contributed by atoms with Gasteiger partial charge in [0.2, 0.25) is 0 Å². The molecule has 0 aliphatic carbocycles. The van der Waals surface area contributed by atoms with E-state index in [1.165, 1.54) is 6.08 Å². The molecule has 30 heavy (non-hydrogen) atoms. The maximum absolute atomic E-state index is 12.4. The summed E-state index contributed by atoms with van der Waals surface area (Å²) in [5.74, 6) is 0.0667. The van der Waals surface area contributed by atoms with Crippen LogP contribution in [0.3, 0.4) is 0 Å². The predicted octanol–water partition coefficient (Wildman–Crippen LogP) is 6.08. The molecule has 5 heteroatoms. The molecular weight excluding hydrogens is 396 g/mol. The van der Waals surface area contributed by atoms with Crippen molar-refractivity contribution < 1.29 is 9.53 Å². The van der Waals surface area contributed by atoms with Gasteiger partial charge in [0.15, 0.2) is 0 Å². The van der Waals surface area contributed by atoms with Gasteiger partial charge in [-0.3, -0.25) is 4.79 Å². The average Bonchev–Trinajstić information content (AvgIpc) is 2.71. The molecule has 1 N–H and O–H groups in total. The molecule has 0 heterocycles. The molecule has 0 radical (unpaired) electrons. The van der Waals surface area contributed by atoms with Crippen molar-refractivity contribution in [1.29, 1.82) is 5.26 Å². The van der Waals surface area contributed by atoms with Crippen LogP contribution in [-0.4, -0.2) is 5.91 Å². The van der Waals surface area contributed by atoms with E-state index in [0.717, 1.165) is 16.7 Å². The molecule has 4 nitrogen and oxygen atoms in total. The summed E-state index contributed by atoms with van der Waals surface area (Å²) in [7, 11) is 0. The number of carbonyl (C=O) groups excluding carboxylic acids is 1. The van der Waals surface area contributed by atoms with Crippen LogP contribution in [-0.2, 0) is 11.4 Å². The fourth-order valence-corrected chi connectivity index (χ4v) is 3.17. The Kier molecular flexibility index (Phi) is 6.90. The fourth-order valence-electron chi connectivity index (χ4n) is 2.92. The highest BCUT2D eigenvalue weighted by atomic mass is 35.5. The van der Waals surface area contributed by atoms with Gasteiger partial charge in [0.25, 0.3) is 5.91 Å². The number of benzene rings is 3. The third-order valence-electron chi connectivity index (χ3n) is 4.38. The van der Waals surface area contributed by atoms with Gasteiger partial charge in [-0.05, 0) is 60.9 Å². The monoisotopic (exact) mass is 416 g/mol. The van der Waals surface area contributed by atoms with Crippen LogP contribution >= 0.6 is 11.6 Å². The van der Waals surface area contributed by atoms with Crippen molar-refractivity contribution >= 4 is 29.3 Å². The van der Waals surface area contributed by atoms with Crippen LogP contribution in [0.4, 0.5) is 5.69 Å². The first kappa shape index (κ1) is 21.2. The molecule has 0 unspecified atom stereocenters. The topological polar surface area (TPSA) is 62.1 Å².